The topological polar surface area (TPSA) is 96.0 Å². The van der Waals surface area contributed by atoms with Crippen molar-refractivity contribution in [2.24, 2.45) is 0 Å². The first-order chi connectivity index (χ1) is 19.5. The molecule has 1 atom stereocenters. The molecule has 0 saturated carbocycles. The lowest BCUT2D eigenvalue weighted by Gasteiger charge is -2.33. The first-order valence-electron chi connectivity index (χ1n) is 13.3. The van der Waals surface area contributed by atoms with Crippen LogP contribution in [0.2, 0.25) is 10.0 Å². The Morgan fingerprint density at radius 1 is 0.976 bits per heavy atom. The standard InChI is InChI=1S/C30H35Cl2N3O5S/c1-4-17-33-30(37)28(5-2)34(19-23-11-12-24(31)18-27(23)32)29(36)20-35(41(3,38)39)25-13-15-26(16-14-25)40-21-22-9-7-6-8-10-22/h6-16,18,28H,4-5,17,19-21H2,1-3H3,(H,33,37)/t28-/m0/s1. The number of nitrogens with one attached hydrogen (secondary N) is 1. The molecule has 2 amide bonds. The molecule has 0 bridgehead atoms. The summed E-state index contributed by atoms with van der Waals surface area (Å²) in [5, 5.41) is 3.61. The summed E-state index contributed by atoms with van der Waals surface area (Å²) in [7, 11) is -3.87. The number of halogens is 2. The minimum Gasteiger partial charge on any atom is -0.489 e. The van der Waals surface area contributed by atoms with Gasteiger partial charge >= 0.3 is 0 Å². The number of amides is 2. The second-order valence-electron chi connectivity index (χ2n) is 9.51. The highest BCUT2D eigenvalue weighted by atomic mass is 35.5. The molecule has 41 heavy (non-hydrogen) atoms. The van der Waals surface area contributed by atoms with Gasteiger partial charge in [0, 0.05) is 23.1 Å². The molecular weight excluding hydrogens is 585 g/mol. The summed E-state index contributed by atoms with van der Waals surface area (Å²) in [5.74, 6) is -0.321. The maximum absolute atomic E-state index is 13.8. The molecule has 0 radical (unpaired) electrons. The number of ether oxygens (including phenoxy) is 1. The fourth-order valence-electron chi connectivity index (χ4n) is 4.18. The van der Waals surface area contributed by atoms with Gasteiger partial charge in [-0.1, -0.05) is 73.4 Å². The molecule has 8 nitrogen and oxygen atoms in total. The molecule has 0 saturated heterocycles. The smallest absolute Gasteiger partial charge is 0.244 e. The molecule has 0 aliphatic rings. The zero-order valence-electron chi connectivity index (χ0n) is 23.3. The average Bonchev–Trinajstić information content (AvgIpc) is 2.95. The van der Waals surface area contributed by atoms with Gasteiger partial charge < -0.3 is 15.0 Å². The van der Waals surface area contributed by atoms with E-state index >= 15 is 0 Å². The zero-order valence-corrected chi connectivity index (χ0v) is 25.7. The molecule has 0 heterocycles. The van der Waals surface area contributed by atoms with Crippen molar-refractivity contribution < 1.29 is 22.7 Å². The molecule has 0 unspecified atom stereocenters. The minimum absolute atomic E-state index is 0.00322. The Bertz CT molecular complexity index is 1420. The summed E-state index contributed by atoms with van der Waals surface area (Å²) < 4.78 is 32.5. The summed E-state index contributed by atoms with van der Waals surface area (Å²) >= 11 is 12.5. The van der Waals surface area contributed by atoms with Gasteiger partial charge in [0.25, 0.3) is 0 Å². The lowest BCUT2D eigenvalue weighted by atomic mass is 10.1. The second kappa shape index (κ2) is 15.1. The Labute approximate surface area is 252 Å². The van der Waals surface area contributed by atoms with Gasteiger partial charge in [0.05, 0.1) is 11.9 Å². The zero-order chi connectivity index (χ0) is 30.0. The lowest BCUT2D eigenvalue weighted by molar-refractivity contribution is -0.140. The van der Waals surface area contributed by atoms with Crippen LogP contribution in [-0.4, -0.2) is 50.5 Å². The fraction of sp³-hybridized carbons (Fsp3) is 0.333. The highest BCUT2D eigenvalue weighted by Crippen LogP contribution is 2.26. The van der Waals surface area contributed by atoms with Gasteiger partial charge in [-0.3, -0.25) is 13.9 Å². The normalized spacial score (nSPS) is 11.9. The van der Waals surface area contributed by atoms with Crippen LogP contribution in [0.1, 0.15) is 37.8 Å². The van der Waals surface area contributed by atoms with Gasteiger partial charge in [0.15, 0.2) is 0 Å². The molecular formula is C30H35Cl2N3O5S. The molecule has 0 aromatic heterocycles. The molecule has 11 heteroatoms. The first kappa shape index (κ1) is 32.2. The van der Waals surface area contributed by atoms with Crippen LogP contribution in [0.15, 0.2) is 72.8 Å². The van der Waals surface area contributed by atoms with E-state index in [2.05, 4.69) is 5.32 Å². The number of carbonyl (C=O) groups excluding carboxylic acids is 2. The predicted octanol–water partition coefficient (Wildman–Crippen LogP) is 5.67. The number of benzene rings is 3. The van der Waals surface area contributed by atoms with E-state index < -0.39 is 28.5 Å². The van der Waals surface area contributed by atoms with Crippen LogP contribution < -0.4 is 14.4 Å². The minimum atomic E-state index is -3.87. The molecule has 1 N–H and O–H groups in total. The van der Waals surface area contributed by atoms with Crippen molar-refractivity contribution in [3.63, 3.8) is 0 Å². The van der Waals surface area contributed by atoms with E-state index in [-0.39, 0.29) is 12.5 Å². The Kier molecular flexibility index (Phi) is 11.9. The number of nitrogens with zero attached hydrogens (tertiary/aromatic N) is 2. The predicted molar refractivity (Wildman–Crippen MR) is 164 cm³/mol. The third kappa shape index (κ3) is 9.38. The maximum atomic E-state index is 13.8. The summed E-state index contributed by atoms with van der Waals surface area (Å²) in [5.41, 5.74) is 1.87. The monoisotopic (exact) mass is 619 g/mol. The number of rotatable bonds is 14. The fourth-order valence-corrected chi connectivity index (χ4v) is 5.50. The lowest BCUT2D eigenvalue weighted by Crippen LogP contribution is -2.52. The summed E-state index contributed by atoms with van der Waals surface area (Å²) in [6.45, 7) is 4.02. The van der Waals surface area contributed by atoms with E-state index in [4.69, 9.17) is 27.9 Å². The number of hydrogen-bond acceptors (Lipinski definition) is 5. The van der Waals surface area contributed by atoms with Crippen LogP contribution in [-0.2, 0) is 32.8 Å². The van der Waals surface area contributed by atoms with Crippen molar-refractivity contribution >= 4 is 50.7 Å². The number of hydrogen-bond donors (Lipinski definition) is 1. The van der Waals surface area contributed by atoms with Gasteiger partial charge in [-0.05, 0) is 60.4 Å². The number of anilines is 1. The molecule has 3 aromatic carbocycles. The summed E-state index contributed by atoms with van der Waals surface area (Å²) in [6.07, 6.45) is 2.08. The number of carbonyl (C=O) groups is 2. The number of sulfonamides is 1. The van der Waals surface area contributed by atoms with Crippen molar-refractivity contribution in [2.75, 3.05) is 23.7 Å². The second-order valence-corrected chi connectivity index (χ2v) is 12.3. The van der Waals surface area contributed by atoms with E-state index in [1.165, 1.54) is 4.90 Å². The molecule has 0 aliphatic carbocycles. The molecule has 3 aromatic rings. The third-order valence-corrected chi connectivity index (χ3v) is 8.07. The van der Waals surface area contributed by atoms with Crippen LogP contribution in [0, 0.1) is 0 Å². The largest absolute Gasteiger partial charge is 0.489 e. The maximum Gasteiger partial charge on any atom is 0.244 e. The Hall–Kier alpha value is -3.27. The third-order valence-electron chi connectivity index (χ3n) is 6.34. The van der Waals surface area contributed by atoms with Crippen molar-refractivity contribution in [1.29, 1.82) is 0 Å². The van der Waals surface area contributed by atoms with Crippen LogP contribution in [0.5, 0.6) is 5.75 Å². The van der Waals surface area contributed by atoms with Crippen molar-refractivity contribution in [3.8, 4) is 5.75 Å². The SMILES string of the molecule is CCCNC(=O)[C@H](CC)N(Cc1ccc(Cl)cc1Cl)C(=O)CN(c1ccc(OCc2ccccc2)cc1)S(C)(=O)=O. The van der Waals surface area contributed by atoms with Gasteiger partial charge in [0.1, 0.15) is 24.9 Å². The Morgan fingerprint density at radius 3 is 2.24 bits per heavy atom. The van der Waals surface area contributed by atoms with E-state index in [0.717, 1.165) is 22.5 Å². The summed E-state index contributed by atoms with van der Waals surface area (Å²) in [4.78, 5) is 28.2. The van der Waals surface area contributed by atoms with Crippen LogP contribution in [0.25, 0.3) is 0 Å². The quantitative estimate of drug-likeness (QED) is 0.251. The van der Waals surface area contributed by atoms with E-state index in [0.29, 0.717) is 46.6 Å². The van der Waals surface area contributed by atoms with E-state index in [1.54, 1.807) is 49.4 Å². The van der Waals surface area contributed by atoms with Gasteiger partial charge in [-0.15, -0.1) is 0 Å². The molecule has 3 rings (SSSR count). The highest BCUT2D eigenvalue weighted by Gasteiger charge is 2.32. The van der Waals surface area contributed by atoms with E-state index in [9.17, 15) is 18.0 Å². The van der Waals surface area contributed by atoms with Crippen LogP contribution >= 0.6 is 23.2 Å². The van der Waals surface area contributed by atoms with E-state index in [1.807, 2.05) is 37.3 Å². The molecule has 220 valence electrons. The molecule has 0 aliphatic heterocycles. The average molecular weight is 621 g/mol. The highest BCUT2D eigenvalue weighted by molar-refractivity contribution is 7.92. The molecule has 0 spiro atoms. The van der Waals surface area contributed by atoms with Crippen LogP contribution in [0.4, 0.5) is 5.69 Å². The van der Waals surface area contributed by atoms with Crippen molar-refractivity contribution in [1.82, 2.24) is 10.2 Å². The van der Waals surface area contributed by atoms with Gasteiger partial charge in [-0.25, -0.2) is 8.42 Å². The van der Waals surface area contributed by atoms with Gasteiger partial charge in [-0.2, -0.15) is 0 Å². The van der Waals surface area contributed by atoms with Crippen LogP contribution in [0.3, 0.4) is 0 Å². The Balaban J connectivity index is 1.86. The van der Waals surface area contributed by atoms with Crippen molar-refractivity contribution in [2.45, 2.75) is 45.9 Å². The Morgan fingerprint density at radius 2 is 1.66 bits per heavy atom. The summed E-state index contributed by atoms with van der Waals surface area (Å²) in [6, 6.07) is 20.2. The van der Waals surface area contributed by atoms with Gasteiger partial charge in [0.2, 0.25) is 21.8 Å². The van der Waals surface area contributed by atoms with Crippen molar-refractivity contribution in [3.05, 3.63) is 94.0 Å². The molecule has 0 fully saturated rings. The first-order valence-corrected chi connectivity index (χ1v) is 15.9.